The molecule has 0 aliphatic heterocycles. The molecule has 0 saturated heterocycles. The van der Waals surface area contributed by atoms with Crippen LogP contribution in [0.1, 0.15) is 31.0 Å². The van der Waals surface area contributed by atoms with Crippen molar-refractivity contribution in [3.05, 3.63) is 46.7 Å². The zero-order valence-electron chi connectivity index (χ0n) is 12.5. The summed E-state index contributed by atoms with van der Waals surface area (Å²) < 4.78 is 1.75. The first-order valence-electron chi connectivity index (χ1n) is 7.31. The SMILES string of the molecule is CCCC(O)CNCc1c(C)nn(-c2ccccc2)c1Cl. The summed E-state index contributed by atoms with van der Waals surface area (Å²) in [7, 11) is 0. The molecule has 2 aromatic rings. The largest absolute Gasteiger partial charge is 0.392 e. The zero-order chi connectivity index (χ0) is 15.2. The molecule has 2 rings (SSSR count). The molecule has 0 bridgehead atoms. The number of aromatic nitrogens is 2. The van der Waals surface area contributed by atoms with E-state index in [1.54, 1.807) is 4.68 Å². The molecule has 1 aromatic carbocycles. The number of nitrogens with zero attached hydrogens (tertiary/aromatic N) is 2. The maximum atomic E-state index is 9.73. The minimum absolute atomic E-state index is 0.307. The number of rotatable bonds is 7. The van der Waals surface area contributed by atoms with Crippen molar-refractivity contribution in [2.75, 3.05) is 6.54 Å². The third-order valence-corrected chi connectivity index (χ3v) is 3.81. The normalized spacial score (nSPS) is 12.6. The van der Waals surface area contributed by atoms with Gasteiger partial charge in [0.05, 0.1) is 17.5 Å². The van der Waals surface area contributed by atoms with Crippen LogP contribution in [0, 0.1) is 6.92 Å². The molecule has 1 atom stereocenters. The summed E-state index contributed by atoms with van der Waals surface area (Å²) in [6, 6.07) is 9.83. The highest BCUT2D eigenvalue weighted by Gasteiger charge is 2.14. The van der Waals surface area contributed by atoms with Crippen LogP contribution in [0.25, 0.3) is 5.69 Å². The number of para-hydroxylation sites is 1. The number of aliphatic hydroxyl groups is 1. The molecule has 2 N–H and O–H groups in total. The van der Waals surface area contributed by atoms with Crippen molar-refractivity contribution in [2.45, 2.75) is 39.3 Å². The van der Waals surface area contributed by atoms with E-state index < -0.39 is 0 Å². The van der Waals surface area contributed by atoms with Gasteiger partial charge in [-0.3, -0.25) is 0 Å². The smallest absolute Gasteiger partial charge is 0.137 e. The van der Waals surface area contributed by atoms with Crippen LogP contribution in [0.15, 0.2) is 30.3 Å². The Balaban J connectivity index is 2.06. The Bertz CT molecular complexity index is 568. The number of nitrogens with one attached hydrogen (secondary N) is 1. The quantitative estimate of drug-likeness (QED) is 0.826. The lowest BCUT2D eigenvalue weighted by atomic mass is 10.2. The number of hydrogen-bond donors (Lipinski definition) is 2. The molecule has 1 heterocycles. The Morgan fingerprint density at radius 3 is 2.71 bits per heavy atom. The monoisotopic (exact) mass is 307 g/mol. The zero-order valence-corrected chi connectivity index (χ0v) is 13.3. The summed E-state index contributed by atoms with van der Waals surface area (Å²) in [4.78, 5) is 0. The molecular formula is C16H22ClN3O. The summed E-state index contributed by atoms with van der Waals surface area (Å²) in [5.74, 6) is 0. The molecule has 0 aliphatic carbocycles. The van der Waals surface area contributed by atoms with Crippen LogP contribution in [0.2, 0.25) is 5.15 Å². The van der Waals surface area contributed by atoms with Crippen LogP contribution in [0.3, 0.4) is 0 Å². The van der Waals surface area contributed by atoms with Gasteiger partial charge in [-0.15, -0.1) is 0 Å². The number of hydrogen-bond acceptors (Lipinski definition) is 3. The molecule has 0 fully saturated rings. The van der Waals surface area contributed by atoms with Gasteiger partial charge in [0.15, 0.2) is 0 Å². The highest BCUT2D eigenvalue weighted by Crippen LogP contribution is 2.23. The van der Waals surface area contributed by atoms with Gasteiger partial charge in [-0.2, -0.15) is 5.10 Å². The number of benzene rings is 1. The summed E-state index contributed by atoms with van der Waals surface area (Å²) in [5, 5.41) is 18.1. The molecule has 0 radical (unpaired) electrons. The average molecular weight is 308 g/mol. The van der Waals surface area contributed by atoms with Gasteiger partial charge in [-0.05, 0) is 25.5 Å². The highest BCUT2D eigenvalue weighted by molar-refractivity contribution is 6.30. The van der Waals surface area contributed by atoms with Gasteiger partial charge in [0.2, 0.25) is 0 Å². The van der Waals surface area contributed by atoms with Gasteiger partial charge in [0, 0.05) is 18.7 Å². The second kappa shape index (κ2) is 7.59. The van der Waals surface area contributed by atoms with E-state index in [0.717, 1.165) is 29.8 Å². The molecule has 0 saturated carbocycles. The van der Waals surface area contributed by atoms with Crippen molar-refractivity contribution >= 4 is 11.6 Å². The Kier molecular flexibility index (Phi) is 5.79. The van der Waals surface area contributed by atoms with Gasteiger partial charge in [0.1, 0.15) is 5.15 Å². The first-order valence-corrected chi connectivity index (χ1v) is 7.69. The molecule has 0 aliphatic rings. The van der Waals surface area contributed by atoms with E-state index in [9.17, 15) is 5.11 Å². The molecule has 1 unspecified atom stereocenters. The average Bonchev–Trinajstić information content (AvgIpc) is 2.76. The first-order chi connectivity index (χ1) is 10.1. The second-order valence-corrected chi connectivity index (χ2v) is 5.53. The predicted molar refractivity (Wildman–Crippen MR) is 85.9 cm³/mol. The molecular weight excluding hydrogens is 286 g/mol. The predicted octanol–water partition coefficient (Wildman–Crippen LogP) is 3.08. The van der Waals surface area contributed by atoms with E-state index in [-0.39, 0.29) is 6.10 Å². The molecule has 1 aromatic heterocycles. The summed E-state index contributed by atoms with van der Waals surface area (Å²) in [5.41, 5.74) is 2.83. The Morgan fingerprint density at radius 1 is 1.33 bits per heavy atom. The number of aliphatic hydroxyl groups excluding tert-OH is 1. The van der Waals surface area contributed by atoms with Gasteiger partial charge < -0.3 is 10.4 Å². The molecule has 0 amide bonds. The van der Waals surface area contributed by atoms with E-state index >= 15 is 0 Å². The lowest BCUT2D eigenvalue weighted by Crippen LogP contribution is -2.26. The van der Waals surface area contributed by atoms with Crippen molar-refractivity contribution in [2.24, 2.45) is 0 Å². The fraction of sp³-hybridized carbons (Fsp3) is 0.438. The third-order valence-electron chi connectivity index (χ3n) is 3.43. The van der Waals surface area contributed by atoms with Crippen LogP contribution in [0.4, 0.5) is 0 Å². The van der Waals surface area contributed by atoms with Crippen LogP contribution in [0.5, 0.6) is 0 Å². The lowest BCUT2D eigenvalue weighted by molar-refractivity contribution is 0.160. The number of halogens is 1. The highest BCUT2D eigenvalue weighted by atomic mass is 35.5. The Hall–Kier alpha value is -1.36. The maximum absolute atomic E-state index is 9.73. The van der Waals surface area contributed by atoms with Crippen molar-refractivity contribution in [1.82, 2.24) is 15.1 Å². The molecule has 21 heavy (non-hydrogen) atoms. The molecule has 114 valence electrons. The summed E-state index contributed by atoms with van der Waals surface area (Å²) in [6.07, 6.45) is 1.48. The van der Waals surface area contributed by atoms with E-state index in [2.05, 4.69) is 17.3 Å². The number of aryl methyl sites for hydroxylation is 1. The van der Waals surface area contributed by atoms with E-state index in [1.807, 2.05) is 37.3 Å². The third kappa shape index (κ3) is 4.06. The van der Waals surface area contributed by atoms with Gasteiger partial charge in [-0.1, -0.05) is 43.1 Å². The van der Waals surface area contributed by atoms with Crippen molar-refractivity contribution < 1.29 is 5.11 Å². The maximum Gasteiger partial charge on any atom is 0.137 e. The fourth-order valence-electron chi connectivity index (χ4n) is 2.27. The fourth-order valence-corrected chi connectivity index (χ4v) is 2.61. The minimum atomic E-state index is -0.307. The first kappa shape index (κ1) is 16.0. The second-order valence-electron chi connectivity index (χ2n) is 5.18. The molecule has 0 spiro atoms. The molecule has 4 nitrogen and oxygen atoms in total. The van der Waals surface area contributed by atoms with Crippen LogP contribution < -0.4 is 5.32 Å². The van der Waals surface area contributed by atoms with Gasteiger partial charge >= 0.3 is 0 Å². The van der Waals surface area contributed by atoms with E-state index in [1.165, 1.54) is 0 Å². The van der Waals surface area contributed by atoms with Crippen molar-refractivity contribution in [1.29, 1.82) is 0 Å². The Morgan fingerprint density at radius 2 is 2.05 bits per heavy atom. The van der Waals surface area contributed by atoms with E-state index in [0.29, 0.717) is 18.2 Å². The molecule has 5 heteroatoms. The van der Waals surface area contributed by atoms with Crippen LogP contribution >= 0.6 is 11.6 Å². The van der Waals surface area contributed by atoms with E-state index in [4.69, 9.17) is 11.6 Å². The summed E-state index contributed by atoms with van der Waals surface area (Å²) in [6.45, 7) is 5.19. The van der Waals surface area contributed by atoms with Gasteiger partial charge in [-0.25, -0.2) is 4.68 Å². The standard InChI is InChI=1S/C16H22ClN3O/c1-3-7-14(21)10-18-11-15-12(2)19-20(16(15)17)13-8-5-4-6-9-13/h4-6,8-9,14,18,21H,3,7,10-11H2,1-2H3. The van der Waals surface area contributed by atoms with Crippen LogP contribution in [-0.2, 0) is 6.54 Å². The lowest BCUT2D eigenvalue weighted by Gasteiger charge is -2.10. The topological polar surface area (TPSA) is 50.1 Å². The Labute approximate surface area is 130 Å². The van der Waals surface area contributed by atoms with Crippen LogP contribution in [-0.4, -0.2) is 27.5 Å². The van der Waals surface area contributed by atoms with Gasteiger partial charge in [0.25, 0.3) is 0 Å². The minimum Gasteiger partial charge on any atom is -0.392 e. The van der Waals surface area contributed by atoms with Crippen molar-refractivity contribution in [3.63, 3.8) is 0 Å². The summed E-state index contributed by atoms with van der Waals surface area (Å²) >= 11 is 6.44. The van der Waals surface area contributed by atoms with Crippen molar-refractivity contribution in [3.8, 4) is 5.69 Å².